The number of carbonyl (C=O) groups excluding carboxylic acids is 3. The fourth-order valence-electron chi connectivity index (χ4n) is 9.45. The molecule has 0 bridgehead atoms. The second kappa shape index (κ2) is 46.6. The Balaban J connectivity index is -0.000000259. The van der Waals surface area contributed by atoms with Crippen molar-refractivity contribution in [2.45, 2.75) is 459 Å². The molecular formula is C92H186N4O4S2. The number of rotatable bonds is 15. The number of nitrogens with zero attached hydrogens (tertiary/aromatic N) is 2. The van der Waals surface area contributed by atoms with Gasteiger partial charge in [0, 0.05) is 75.1 Å². The van der Waals surface area contributed by atoms with Gasteiger partial charge in [0.1, 0.15) is 11.4 Å². The topological polar surface area (TPSA) is 101 Å². The predicted octanol–water partition coefficient (Wildman–Crippen LogP) is 28.8. The van der Waals surface area contributed by atoms with Crippen LogP contribution in [0.25, 0.3) is 0 Å². The van der Waals surface area contributed by atoms with Crippen LogP contribution in [0, 0.1) is 54.7 Å². The second-order valence-electron chi connectivity index (χ2n) is 47.5. The summed E-state index contributed by atoms with van der Waals surface area (Å²) in [5.41, 5.74) is 5.75. The summed E-state index contributed by atoms with van der Waals surface area (Å²) in [5.74, 6) is 1.40. The maximum atomic E-state index is 11.5. The zero-order valence-electron chi connectivity index (χ0n) is 78.3. The molecule has 610 valence electrons. The third kappa shape index (κ3) is 98.1. The van der Waals surface area contributed by atoms with Crippen LogP contribution in [0.2, 0.25) is 0 Å². The van der Waals surface area contributed by atoms with Crippen LogP contribution in [0.5, 0.6) is 0 Å². The second-order valence-corrected chi connectivity index (χ2v) is 51.3. The molecule has 102 heavy (non-hydrogen) atoms. The number of hydrogen-bond donors (Lipinski definition) is 2. The molecule has 0 saturated carbocycles. The summed E-state index contributed by atoms with van der Waals surface area (Å²) in [6.07, 6.45) is 18.8. The number of likely N-dealkylation sites (tertiary alicyclic amines) is 1. The van der Waals surface area contributed by atoms with E-state index >= 15 is 0 Å². The highest BCUT2D eigenvalue weighted by Gasteiger charge is 2.32. The zero-order valence-corrected chi connectivity index (χ0v) is 80.0. The highest BCUT2D eigenvalue weighted by molar-refractivity contribution is 8.77. The van der Waals surface area contributed by atoms with Crippen LogP contribution < -0.4 is 10.6 Å². The monoisotopic (exact) mass is 1480 g/mol. The molecule has 0 aromatic carbocycles. The Morgan fingerprint density at radius 1 is 0.500 bits per heavy atom. The largest absolute Gasteiger partial charge is 0.460 e. The number of hydrogen-bond acceptors (Lipinski definition) is 9. The highest BCUT2D eigenvalue weighted by Crippen LogP contribution is 2.43. The molecule has 1 aliphatic rings. The molecule has 0 spiro atoms. The Bertz CT molecular complexity index is 2300. The Morgan fingerprint density at radius 2 is 0.931 bits per heavy atom. The van der Waals surface area contributed by atoms with Crippen molar-refractivity contribution in [3.05, 3.63) is 41.7 Å². The Labute approximate surface area is 650 Å². The van der Waals surface area contributed by atoms with E-state index in [1.807, 2.05) is 63.1 Å². The number of ether oxygens (including phenoxy) is 1. The molecule has 1 fully saturated rings. The maximum absolute atomic E-state index is 11.5. The SMILES string of the molecule is CC(C)(C)/C=C/CC(C)(C)C.CC(C)(C)CC1CCN(C(C)(C)C)C1.CC(C)(C)CCC(=O)NC(C)(C)C.CC(C)(C)CCC(=O)OC(C)(C)C.CC(C)(C)CCCC(=O)CC(C)(C)C.CC(C)(C)CCCNC(C)(C)C.CC(C)(C)Cc1cccc(C(C)(C)C)n1.CC(C)(C)SSC(C)(C)C. The van der Waals surface area contributed by atoms with Crippen LogP contribution in [0.1, 0.15) is 427 Å². The quantitative estimate of drug-likeness (QED) is 0.0770. The summed E-state index contributed by atoms with van der Waals surface area (Å²) < 4.78 is 5.97. The number of Topliss-reactive ketones (excluding diaryl/α,β-unsaturated/α-hetero) is 1. The van der Waals surface area contributed by atoms with E-state index in [4.69, 9.17) is 9.72 Å². The lowest BCUT2D eigenvalue weighted by molar-refractivity contribution is -0.155. The van der Waals surface area contributed by atoms with Gasteiger partial charge >= 0.3 is 5.97 Å². The van der Waals surface area contributed by atoms with Crippen LogP contribution in [0.15, 0.2) is 30.4 Å². The van der Waals surface area contributed by atoms with Crippen molar-refractivity contribution in [3.63, 3.8) is 0 Å². The summed E-state index contributed by atoms with van der Waals surface area (Å²) in [7, 11) is 3.91. The molecule has 8 nitrogen and oxygen atoms in total. The lowest BCUT2D eigenvalue weighted by Gasteiger charge is -2.32. The molecule has 1 saturated heterocycles. The molecular weight excluding hydrogens is 1290 g/mol. The molecule has 1 aliphatic heterocycles. The van der Waals surface area contributed by atoms with E-state index in [0.717, 1.165) is 57.4 Å². The number of aromatic nitrogens is 1. The van der Waals surface area contributed by atoms with E-state index in [0.29, 0.717) is 66.1 Å². The van der Waals surface area contributed by atoms with Gasteiger partial charge in [0.25, 0.3) is 0 Å². The maximum Gasteiger partial charge on any atom is 0.306 e. The van der Waals surface area contributed by atoms with Crippen LogP contribution >= 0.6 is 21.6 Å². The highest BCUT2D eigenvalue weighted by atomic mass is 33.1. The third-order valence-electron chi connectivity index (χ3n) is 14.3. The van der Waals surface area contributed by atoms with E-state index in [2.05, 4.69) is 337 Å². The molecule has 1 aromatic rings. The van der Waals surface area contributed by atoms with Crippen LogP contribution in [-0.4, -0.2) is 78.9 Å². The lowest BCUT2D eigenvalue weighted by atomic mass is 9.84. The summed E-state index contributed by atoms with van der Waals surface area (Å²) in [6, 6.07) is 6.36. The molecule has 1 unspecified atom stereocenters. The summed E-state index contributed by atoms with van der Waals surface area (Å²) in [5, 5.41) is 6.45. The van der Waals surface area contributed by atoms with Crippen molar-refractivity contribution < 1.29 is 19.1 Å². The van der Waals surface area contributed by atoms with Crippen molar-refractivity contribution >= 4 is 39.2 Å². The smallest absolute Gasteiger partial charge is 0.306 e. The number of carbonyl (C=O) groups is 3. The normalized spacial score (nSPS) is 15.0. The van der Waals surface area contributed by atoms with Crippen LogP contribution in [0.4, 0.5) is 0 Å². The number of ketones is 1. The Hall–Kier alpha value is -1.88. The van der Waals surface area contributed by atoms with E-state index in [1.165, 1.54) is 56.6 Å². The third-order valence-corrected chi connectivity index (χ3v) is 18.6. The van der Waals surface area contributed by atoms with Gasteiger partial charge in [-0.3, -0.25) is 24.3 Å². The van der Waals surface area contributed by atoms with E-state index in [-0.39, 0.29) is 50.2 Å². The van der Waals surface area contributed by atoms with Crippen LogP contribution in [-0.2, 0) is 31.0 Å². The molecule has 1 atom stereocenters. The first-order chi connectivity index (χ1) is 44.3. The van der Waals surface area contributed by atoms with Gasteiger partial charge in [0.15, 0.2) is 0 Å². The molecule has 0 radical (unpaired) electrons. The molecule has 2 heterocycles. The number of nitrogens with one attached hydrogen (secondary N) is 2. The van der Waals surface area contributed by atoms with Crippen molar-refractivity contribution in [3.8, 4) is 0 Å². The van der Waals surface area contributed by atoms with Crippen molar-refractivity contribution in [1.82, 2.24) is 20.5 Å². The molecule has 1 aromatic heterocycles. The van der Waals surface area contributed by atoms with Gasteiger partial charge in [0.2, 0.25) is 5.91 Å². The molecule has 1 amide bonds. The predicted molar refractivity (Wildman–Crippen MR) is 467 cm³/mol. The Kier molecular flexibility index (Phi) is 50.7. The van der Waals surface area contributed by atoms with Gasteiger partial charge in [-0.15, -0.1) is 0 Å². The van der Waals surface area contributed by atoms with E-state index < -0.39 is 0 Å². The minimum Gasteiger partial charge on any atom is -0.460 e. The van der Waals surface area contributed by atoms with Gasteiger partial charge in [-0.1, -0.05) is 289 Å². The molecule has 10 heteroatoms. The standard InChI is InChI=1S/C14H23N.C13H27N.C13H26O.C11H23NO.C11H25N.C11H22O2.C11H22.C8H18S2/c1-13(2,3)10-11-8-7-9-12(15-11)14(4,5)6;1-12(2,3)9-11-7-8-14(10-11)13(4,5)6;1-12(2,3)9-7-8-11(14)10-13(4,5)6;1-10(2,3)8-7-9(13)12-11(4,5)6;1-10(2,3)8-7-9-12-11(4,5)6;1-10(2,3)8-7-9(12)13-11(4,5)6;1-10(2,3)8-7-9-11(4,5)6;1-7(2,3)9-10-8(4,5)6/h7-9H,10H2,1-6H3;11H,7-10H2,1-6H3;7-10H2,1-6H3;7-8H2,1-6H3,(H,12,13);12H,7-9H2,1-6H3;7-8H2,1-6H3;7-8H,9H2,1-6H3;1-6H3/b;;;;;;8-7+;. The van der Waals surface area contributed by atoms with Crippen molar-refractivity contribution in [1.29, 1.82) is 0 Å². The average Bonchev–Trinajstić information content (AvgIpc) is 1.49. The first-order valence-corrected chi connectivity index (χ1v) is 42.0. The first kappa shape index (κ1) is 111. The summed E-state index contributed by atoms with van der Waals surface area (Å²) in [4.78, 5) is 41.6. The Morgan fingerprint density at radius 3 is 1.25 bits per heavy atom. The van der Waals surface area contributed by atoms with E-state index in [1.54, 1.807) is 0 Å². The molecule has 2 N–H and O–H groups in total. The zero-order chi connectivity index (χ0) is 82.8. The van der Waals surface area contributed by atoms with E-state index in [9.17, 15) is 14.4 Å². The number of pyridine rings is 1. The lowest BCUT2D eigenvalue weighted by Crippen LogP contribution is -2.40. The van der Waals surface area contributed by atoms with Crippen LogP contribution in [0.3, 0.4) is 0 Å². The minimum atomic E-state index is -0.352. The van der Waals surface area contributed by atoms with Gasteiger partial charge in [-0.25, -0.2) is 0 Å². The fourth-order valence-corrected chi connectivity index (χ4v) is 11.4. The van der Waals surface area contributed by atoms with Gasteiger partial charge in [-0.2, -0.15) is 0 Å². The number of allylic oxidation sites excluding steroid dienone is 2. The first-order valence-electron chi connectivity index (χ1n) is 39.8. The van der Waals surface area contributed by atoms with Crippen molar-refractivity contribution in [2.24, 2.45) is 54.7 Å². The fraction of sp³-hybridized carbons (Fsp3) is 0.891. The number of esters is 1. The summed E-state index contributed by atoms with van der Waals surface area (Å²) >= 11 is 0. The average molecular weight is 1480 g/mol. The number of amides is 1. The van der Waals surface area contributed by atoms with Gasteiger partial charge in [-0.05, 0) is 227 Å². The van der Waals surface area contributed by atoms with Gasteiger partial charge in [0.05, 0.1) is 0 Å². The van der Waals surface area contributed by atoms with Crippen molar-refractivity contribution in [2.75, 3.05) is 19.6 Å². The summed E-state index contributed by atoms with van der Waals surface area (Å²) in [6.45, 7) is 109. The molecule has 0 aliphatic carbocycles. The minimum absolute atomic E-state index is 0.0950. The van der Waals surface area contributed by atoms with Gasteiger partial charge < -0.3 is 15.4 Å². The molecule has 2 rings (SSSR count).